The molecule has 1 atom stereocenters. The molecule has 4 aromatic rings. The molecule has 33 heavy (non-hydrogen) atoms. The van der Waals surface area contributed by atoms with Crippen molar-refractivity contribution in [3.05, 3.63) is 111 Å². The minimum Gasteiger partial charge on any atom is -0.503 e. The Morgan fingerprint density at radius 3 is 2.64 bits per heavy atom. The van der Waals surface area contributed by atoms with Crippen LogP contribution in [0.15, 0.2) is 93.1 Å². The molecular formula is C25H16BrClN2O4. The second kappa shape index (κ2) is 8.50. The van der Waals surface area contributed by atoms with E-state index in [4.69, 9.17) is 16.0 Å². The number of ketones is 1. The van der Waals surface area contributed by atoms with Gasteiger partial charge in [0.1, 0.15) is 5.58 Å². The van der Waals surface area contributed by atoms with Gasteiger partial charge in [0.15, 0.2) is 11.5 Å². The number of rotatable bonds is 5. The van der Waals surface area contributed by atoms with Gasteiger partial charge in [-0.1, -0.05) is 45.7 Å². The number of aliphatic hydroxyl groups excluding tert-OH is 1. The summed E-state index contributed by atoms with van der Waals surface area (Å²) >= 11 is 9.46. The maximum atomic E-state index is 13.6. The molecule has 1 N–H and O–H groups in total. The van der Waals surface area contributed by atoms with E-state index < -0.39 is 23.5 Å². The van der Waals surface area contributed by atoms with Crippen LogP contribution in [-0.4, -0.2) is 26.7 Å². The predicted molar refractivity (Wildman–Crippen MR) is 127 cm³/mol. The molecule has 1 amide bonds. The molecule has 2 aromatic carbocycles. The molecule has 0 fully saturated rings. The highest BCUT2D eigenvalue weighted by Crippen LogP contribution is 2.40. The topological polar surface area (TPSA) is 83.6 Å². The van der Waals surface area contributed by atoms with E-state index in [0.29, 0.717) is 21.9 Å². The molecule has 0 saturated carbocycles. The number of hydrogen-bond donors (Lipinski definition) is 1. The average Bonchev–Trinajstić information content (AvgIpc) is 3.34. The van der Waals surface area contributed by atoms with Crippen molar-refractivity contribution < 1.29 is 19.1 Å². The first-order valence-electron chi connectivity index (χ1n) is 10.1. The minimum atomic E-state index is -0.829. The molecule has 0 bridgehead atoms. The standard InChI is InChI=1S/C25H16BrClN2O4/c26-16-6-9-19-15(11-16)12-20(33-19)23(30)21-22(14-4-7-17(27)8-5-14)29(25(32)24(21)31)13-18-3-1-2-10-28-18/h1-12,22,31H,13H2. The van der Waals surface area contributed by atoms with E-state index in [-0.39, 0.29) is 17.9 Å². The van der Waals surface area contributed by atoms with Crippen molar-refractivity contribution in [3.8, 4) is 0 Å². The van der Waals surface area contributed by atoms with Crippen molar-refractivity contribution in [2.45, 2.75) is 12.6 Å². The van der Waals surface area contributed by atoms with Gasteiger partial charge in [0.05, 0.1) is 23.9 Å². The molecule has 164 valence electrons. The molecule has 5 rings (SSSR count). The van der Waals surface area contributed by atoms with Crippen LogP contribution in [0, 0.1) is 0 Å². The monoisotopic (exact) mass is 522 g/mol. The molecule has 6 nitrogen and oxygen atoms in total. The highest BCUT2D eigenvalue weighted by atomic mass is 79.9. The molecule has 0 saturated heterocycles. The number of amides is 1. The van der Waals surface area contributed by atoms with Crippen molar-refractivity contribution >= 4 is 50.2 Å². The maximum Gasteiger partial charge on any atom is 0.290 e. The van der Waals surface area contributed by atoms with Gasteiger partial charge in [-0.05, 0) is 54.1 Å². The van der Waals surface area contributed by atoms with Gasteiger partial charge >= 0.3 is 0 Å². The summed E-state index contributed by atoms with van der Waals surface area (Å²) in [6, 6.07) is 18.3. The van der Waals surface area contributed by atoms with Gasteiger partial charge in [-0.3, -0.25) is 14.6 Å². The number of fused-ring (bicyclic) bond motifs is 1. The lowest BCUT2D eigenvalue weighted by atomic mass is 9.95. The van der Waals surface area contributed by atoms with Crippen LogP contribution < -0.4 is 0 Å². The number of nitrogens with zero attached hydrogens (tertiary/aromatic N) is 2. The molecule has 0 spiro atoms. The third kappa shape index (κ3) is 3.94. The quantitative estimate of drug-likeness (QED) is 0.323. The lowest BCUT2D eigenvalue weighted by Crippen LogP contribution is -2.31. The third-order valence-corrected chi connectivity index (χ3v) is 6.24. The van der Waals surface area contributed by atoms with E-state index >= 15 is 0 Å². The number of carbonyl (C=O) groups is 2. The molecule has 1 aliphatic rings. The van der Waals surface area contributed by atoms with Crippen LogP contribution in [-0.2, 0) is 11.3 Å². The summed E-state index contributed by atoms with van der Waals surface area (Å²) in [6.07, 6.45) is 1.62. The molecular weight excluding hydrogens is 508 g/mol. The zero-order valence-corrected chi connectivity index (χ0v) is 19.4. The van der Waals surface area contributed by atoms with Crippen LogP contribution in [0.3, 0.4) is 0 Å². The van der Waals surface area contributed by atoms with Crippen LogP contribution in [0.5, 0.6) is 0 Å². The Labute approximate surface area is 202 Å². The number of furan rings is 1. The van der Waals surface area contributed by atoms with Crippen molar-refractivity contribution in [3.63, 3.8) is 0 Å². The fourth-order valence-electron chi connectivity index (χ4n) is 3.97. The Kier molecular flexibility index (Phi) is 5.52. The van der Waals surface area contributed by atoms with Gasteiger partial charge in [-0.25, -0.2) is 0 Å². The van der Waals surface area contributed by atoms with Crippen LogP contribution >= 0.6 is 27.5 Å². The van der Waals surface area contributed by atoms with Gasteiger partial charge in [-0.15, -0.1) is 0 Å². The van der Waals surface area contributed by atoms with E-state index in [1.54, 1.807) is 60.8 Å². The average molecular weight is 524 g/mol. The van der Waals surface area contributed by atoms with Crippen molar-refractivity contribution in [1.29, 1.82) is 0 Å². The maximum absolute atomic E-state index is 13.6. The second-order valence-corrected chi connectivity index (χ2v) is 8.94. The molecule has 8 heteroatoms. The number of carbonyl (C=O) groups excluding carboxylic acids is 2. The Morgan fingerprint density at radius 1 is 1.12 bits per heavy atom. The number of hydrogen-bond acceptors (Lipinski definition) is 5. The Bertz CT molecular complexity index is 1410. The summed E-state index contributed by atoms with van der Waals surface area (Å²) in [5.74, 6) is -1.77. The summed E-state index contributed by atoms with van der Waals surface area (Å²) in [5.41, 5.74) is 1.74. The zero-order chi connectivity index (χ0) is 23.1. The van der Waals surface area contributed by atoms with Gasteiger partial charge in [0.25, 0.3) is 5.91 Å². The predicted octanol–water partition coefficient (Wildman–Crippen LogP) is 6.02. The number of aromatic nitrogens is 1. The molecule has 3 heterocycles. The largest absolute Gasteiger partial charge is 0.503 e. The highest BCUT2D eigenvalue weighted by Gasteiger charge is 2.44. The summed E-state index contributed by atoms with van der Waals surface area (Å²) in [5, 5.41) is 12.1. The van der Waals surface area contributed by atoms with Crippen LogP contribution in [0.1, 0.15) is 27.9 Å². The first kappa shape index (κ1) is 21.4. The zero-order valence-electron chi connectivity index (χ0n) is 17.0. The molecule has 2 aromatic heterocycles. The second-order valence-electron chi connectivity index (χ2n) is 7.59. The highest BCUT2D eigenvalue weighted by molar-refractivity contribution is 9.10. The fourth-order valence-corrected chi connectivity index (χ4v) is 4.47. The van der Waals surface area contributed by atoms with Crippen molar-refractivity contribution in [1.82, 2.24) is 9.88 Å². The third-order valence-electron chi connectivity index (χ3n) is 5.49. The summed E-state index contributed by atoms with van der Waals surface area (Å²) in [4.78, 5) is 32.4. The first-order chi connectivity index (χ1) is 15.9. The van der Waals surface area contributed by atoms with Gasteiger partial charge < -0.3 is 14.4 Å². The van der Waals surface area contributed by atoms with Gasteiger partial charge in [-0.2, -0.15) is 0 Å². The van der Waals surface area contributed by atoms with E-state index in [1.807, 2.05) is 12.1 Å². The van der Waals surface area contributed by atoms with Gasteiger partial charge in [0, 0.05) is 21.1 Å². The van der Waals surface area contributed by atoms with Gasteiger partial charge in [0.2, 0.25) is 5.78 Å². The Hall–Kier alpha value is -3.42. The minimum absolute atomic E-state index is 0.0381. The van der Waals surface area contributed by atoms with E-state index in [0.717, 1.165) is 9.86 Å². The summed E-state index contributed by atoms with van der Waals surface area (Å²) in [7, 11) is 0. The molecule has 1 unspecified atom stereocenters. The number of pyridine rings is 1. The lowest BCUT2D eigenvalue weighted by molar-refractivity contribution is -0.130. The number of Topliss-reactive ketones (excluding diaryl/α,β-unsaturated/α-hetero) is 1. The number of halogens is 2. The normalized spacial score (nSPS) is 16.1. The van der Waals surface area contributed by atoms with E-state index in [2.05, 4.69) is 20.9 Å². The Balaban J connectivity index is 1.60. The molecule has 0 radical (unpaired) electrons. The van der Waals surface area contributed by atoms with E-state index in [1.165, 1.54) is 4.90 Å². The number of aliphatic hydroxyl groups is 1. The first-order valence-corrected chi connectivity index (χ1v) is 11.2. The Morgan fingerprint density at radius 2 is 1.91 bits per heavy atom. The molecule has 1 aliphatic heterocycles. The fraction of sp³-hybridized carbons (Fsp3) is 0.0800. The van der Waals surface area contributed by atoms with Crippen LogP contribution in [0.2, 0.25) is 5.02 Å². The lowest BCUT2D eigenvalue weighted by Gasteiger charge is -2.26. The summed E-state index contributed by atoms with van der Waals surface area (Å²) < 4.78 is 6.60. The van der Waals surface area contributed by atoms with Crippen molar-refractivity contribution in [2.24, 2.45) is 0 Å². The van der Waals surface area contributed by atoms with E-state index in [9.17, 15) is 14.7 Å². The van der Waals surface area contributed by atoms with Crippen LogP contribution in [0.25, 0.3) is 11.0 Å². The summed E-state index contributed by atoms with van der Waals surface area (Å²) in [6.45, 7) is 0.112. The van der Waals surface area contributed by atoms with Crippen molar-refractivity contribution in [2.75, 3.05) is 0 Å². The SMILES string of the molecule is O=C(C1=C(O)C(=O)N(Cc2ccccn2)C1c1ccc(Cl)cc1)c1cc2cc(Br)ccc2o1. The molecule has 0 aliphatic carbocycles. The number of benzene rings is 2. The van der Waals surface area contributed by atoms with Crippen LogP contribution in [0.4, 0.5) is 0 Å². The smallest absolute Gasteiger partial charge is 0.290 e.